The molecule has 1 aromatic rings. The van der Waals surface area contributed by atoms with Crippen molar-refractivity contribution in [2.45, 2.75) is 0 Å². The van der Waals surface area contributed by atoms with Gasteiger partial charge in [0.2, 0.25) is 0 Å². The van der Waals surface area contributed by atoms with Crippen molar-refractivity contribution in [1.29, 1.82) is 0 Å². The molecule has 0 saturated heterocycles. The molecule has 0 spiro atoms. The third kappa shape index (κ3) is 4.06. The Labute approximate surface area is 57.6 Å². The van der Waals surface area contributed by atoms with E-state index in [9.17, 15) is 0 Å². The fourth-order valence-corrected chi connectivity index (χ4v) is 0.215. The van der Waals surface area contributed by atoms with E-state index in [1.165, 1.54) is 19.4 Å². The summed E-state index contributed by atoms with van der Waals surface area (Å²) in [4.78, 5) is 6.42. The molecule has 2 nitrogen and oxygen atoms in total. The average molecular weight is 151 g/mol. The van der Waals surface area contributed by atoms with Gasteiger partial charge in [-0.3, -0.25) is 0 Å². The van der Waals surface area contributed by atoms with E-state index in [1.54, 1.807) is 18.7 Å². The number of halogens is 1. The van der Waals surface area contributed by atoms with E-state index < -0.39 is 0 Å². The van der Waals surface area contributed by atoms with E-state index >= 15 is 0 Å². The number of imidazole rings is 1. The maximum absolute atomic E-state index is 4.64. The molecule has 4 heteroatoms. The standard InChI is InChI=1S/C3H4N2.ClH.Ti/c1-2-5-3-4-1;;/h1-3H,(H,4,5);1H;/q;;+1/p-1. The molecule has 37 valence electrons. The van der Waals surface area contributed by atoms with E-state index in [0.29, 0.717) is 0 Å². The summed E-state index contributed by atoms with van der Waals surface area (Å²) in [6.07, 6.45) is 5.08. The Morgan fingerprint density at radius 2 is 2.29 bits per heavy atom. The zero-order valence-electron chi connectivity index (χ0n) is 3.56. The summed E-state index contributed by atoms with van der Waals surface area (Å²) in [5, 5.41) is 0. The fraction of sp³-hybridized carbons (Fsp3) is 0. The third-order valence-electron chi connectivity index (χ3n) is 0.406. The Morgan fingerprint density at radius 3 is 2.43 bits per heavy atom. The van der Waals surface area contributed by atoms with Crippen LogP contribution in [0.2, 0.25) is 0 Å². The molecule has 0 fully saturated rings. The second-order valence-corrected chi connectivity index (χ2v) is 0.761. The first-order valence-corrected chi connectivity index (χ1v) is 3.76. The summed E-state index contributed by atoms with van der Waals surface area (Å²) in [6.45, 7) is 0. The summed E-state index contributed by atoms with van der Waals surface area (Å²) < 4.78 is 0. The van der Waals surface area contributed by atoms with Crippen LogP contribution in [-0.2, 0) is 19.4 Å². The van der Waals surface area contributed by atoms with Crippen LogP contribution in [-0.4, -0.2) is 9.97 Å². The summed E-state index contributed by atoms with van der Waals surface area (Å²) >= 11 is 1.47. The molecule has 0 amide bonds. The maximum atomic E-state index is 4.64. The zero-order chi connectivity index (χ0) is 5.54. The summed E-state index contributed by atoms with van der Waals surface area (Å²) in [6, 6.07) is 0. The molecule has 0 saturated carbocycles. The van der Waals surface area contributed by atoms with Crippen molar-refractivity contribution < 1.29 is 19.4 Å². The third-order valence-corrected chi connectivity index (χ3v) is 0.406. The Morgan fingerprint density at radius 1 is 1.57 bits per heavy atom. The summed E-state index contributed by atoms with van der Waals surface area (Å²) in [5.74, 6) is 0. The van der Waals surface area contributed by atoms with Crippen molar-refractivity contribution in [1.82, 2.24) is 9.97 Å². The SMILES string of the molecule is [Cl][Ti].c1c[nH]cn1. The van der Waals surface area contributed by atoms with Gasteiger partial charge in [0, 0.05) is 12.4 Å². The van der Waals surface area contributed by atoms with Crippen LogP contribution in [0.15, 0.2) is 18.7 Å². The van der Waals surface area contributed by atoms with Crippen molar-refractivity contribution in [2.24, 2.45) is 0 Å². The number of rotatable bonds is 0. The van der Waals surface area contributed by atoms with E-state index in [2.05, 4.69) is 19.3 Å². The minimum atomic E-state index is 1.47. The number of aromatic amines is 1. The van der Waals surface area contributed by atoms with E-state index in [0.717, 1.165) is 0 Å². The van der Waals surface area contributed by atoms with Crippen LogP contribution in [0.5, 0.6) is 0 Å². The predicted octanol–water partition coefficient (Wildman–Crippen LogP) is 1.10. The summed E-state index contributed by atoms with van der Waals surface area (Å²) in [5.41, 5.74) is 0. The number of aromatic nitrogens is 2. The number of nitrogens with zero attached hydrogens (tertiary/aromatic N) is 1. The second-order valence-electron chi connectivity index (χ2n) is 0.761. The Kier molecular flexibility index (Phi) is 6.40. The van der Waals surface area contributed by atoms with Crippen LogP contribution in [0, 0.1) is 0 Å². The van der Waals surface area contributed by atoms with Crippen LogP contribution in [0.25, 0.3) is 0 Å². The van der Waals surface area contributed by atoms with Crippen molar-refractivity contribution in [2.75, 3.05) is 0 Å². The van der Waals surface area contributed by atoms with Crippen molar-refractivity contribution in [3.63, 3.8) is 0 Å². The molecule has 0 unspecified atom stereocenters. The van der Waals surface area contributed by atoms with Gasteiger partial charge in [-0.05, 0) is 0 Å². The first-order valence-electron chi connectivity index (χ1n) is 1.62. The van der Waals surface area contributed by atoms with Gasteiger partial charge in [-0.2, -0.15) is 0 Å². The van der Waals surface area contributed by atoms with Gasteiger partial charge in [0.25, 0.3) is 0 Å². The first-order chi connectivity index (χ1) is 3.50. The maximum Gasteiger partial charge on any atom is 0.0919 e. The van der Waals surface area contributed by atoms with Crippen LogP contribution in [0.3, 0.4) is 0 Å². The molecule has 0 radical (unpaired) electrons. The smallest absolute Gasteiger partial charge is 0.0919 e. The molecule has 0 aromatic carbocycles. The van der Waals surface area contributed by atoms with Gasteiger partial charge in [-0.1, -0.05) is 0 Å². The van der Waals surface area contributed by atoms with Crippen LogP contribution in [0.4, 0.5) is 0 Å². The molecule has 0 aliphatic rings. The molecule has 0 atom stereocenters. The summed E-state index contributed by atoms with van der Waals surface area (Å²) in [7, 11) is 4.64. The first kappa shape index (κ1) is 7.21. The average Bonchev–Trinajstić information content (AvgIpc) is 2.23. The van der Waals surface area contributed by atoms with Gasteiger partial charge < -0.3 is 4.98 Å². The monoisotopic (exact) mass is 151 g/mol. The van der Waals surface area contributed by atoms with Crippen molar-refractivity contribution >= 4 is 9.30 Å². The normalized spacial score (nSPS) is 6.29. The van der Waals surface area contributed by atoms with Gasteiger partial charge in [-0.15, -0.1) is 0 Å². The molecular formula is C3H4ClN2Ti. The van der Waals surface area contributed by atoms with Gasteiger partial charge in [0.1, 0.15) is 0 Å². The molecule has 1 N–H and O–H groups in total. The van der Waals surface area contributed by atoms with Gasteiger partial charge in [-0.25, -0.2) is 4.98 Å². The molecule has 1 rings (SSSR count). The largest absolute Gasteiger partial charge is 0.351 e. The number of H-pyrrole nitrogens is 1. The molecule has 1 aromatic heterocycles. The minimum Gasteiger partial charge on any atom is -0.351 e. The number of hydrogen-bond acceptors (Lipinski definition) is 1. The van der Waals surface area contributed by atoms with E-state index in [4.69, 9.17) is 0 Å². The van der Waals surface area contributed by atoms with E-state index in [-0.39, 0.29) is 0 Å². The molecule has 0 aliphatic heterocycles. The predicted molar refractivity (Wildman–Crippen MR) is 24.4 cm³/mol. The Bertz CT molecular complexity index is 69.4. The van der Waals surface area contributed by atoms with Gasteiger partial charge >= 0.3 is 28.7 Å². The molecule has 0 bridgehead atoms. The topological polar surface area (TPSA) is 28.7 Å². The van der Waals surface area contributed by atoms with Crippen LogP contribution >= 0.6 is 9.30 Å². The Balaban J connectivity index is 0.000000162. The zero-order valence-corrected chi connectivity index (χ0v) is 5.87. The minimum absolute atomic E-state index is 1.47. The van der Waals surface area contributed by atoms with Crippen LogP contribution in [0.1, 0.15) is 0 Å². The van der Waals surface area contributed by atoms with Crippen LogP contribution < -0.4 is 0 Å². The quantitative estimate of drug-likeness (QED) is 0.553. The molecule has 7 heavy (non-hydrogen) atoms. The van der Waals surface area contributed by atoms with E-state index in [1.807, 2.05) is 0 Å². The number of hydrogen-bond donors (Lipinski definition) is 1. The molecule has 1 heterocycles. The Hall–Kier alpha value is 0.214. The van der Waals surface area contributed by atoms with Crippen molar-refractivity contribution in [3.05, 3.63) is 18.7 Å². The second kappa shape index (κ2) is 6.21. The molecular weight excluding hydrogens is 147 g/mol. The van der Waals surface area contributed by atoms with Gasteiger partial charge in [0.15, 0.2) is 0 Å². The van der Waals surface area contributed by atoms with Crippen molar-refractivity contribution in [3.8, 4) is 0 Å². The van der Waals surface area contributed by atoms with Gasteiger partial charge in [0.05, 0.1) is 6.33 Å². The molecule has 0 aliphatic carbocycles. The number of nitrogens with one attached hydrogen (secondary N) is 1. The fourth-order valence-electron chi connectivity index (χ4n) is 0.215.